The molecule has 1 atom stereocenters. The number of carbonyl (C=O) groups excluding carboxylic acids is 1. The van der Waals surface area contributed by atoms with E-state index in [9.17, 15) is 4.79 Å². The van der Waals surface area contributed by atoms with Crippen molar-refractivity contribution in [2.24, 2.45) is 0 Å². The summed E-state index contributed by atoms with van der Waals surface area (Å²) in [6.07, 6.45) is 0. The molecular weight excluding hydrogens is 322 g/mol. The second kappa shape index (κ2) is 7.49. The summed E-state index contributed by atoms with van der Waals surface area (Å²) in [4.78, 5) is 14.6. The van der Waals surface area contributed by atoms with E-state index in [1.54, 1.807) is 0 Å². The van der Waals surface area contributed by atoms with Crippen molar-refractivity contribution in [3.63, 3.8) is 0 Å². The summed E-state index contributed by atoms with van der Waals surface area (Å²) >= 11 is 0. The fourth-order valence-corrected chi connectivity index (χ4v) is 3.09. The number of hydrogen-bond acceptors (Lipinski definition) is 5. The zero-order chi connectivity index (χ0) is 17.9. The fourth-order valence-electron chi connectivity index (χ4n) is 3.09. The molecule has 1 fully saturated rings. The van der Waals surface area contributed by atoms with Crippen LogP contribution in [0.5, 0.6) is 11.5 Å². The van der Waals surface area contributed by atoms with Crippen LogP contribution in [0.3, 0.4) is 0 Å². The fraction of sp³-hybridized carbons (Fsp3) is 0.611. The van der Waals surface area contributed by atoms with Crippen molar-refractivity contribution in [1.82, 2.24) is 15.5 Å². The first kappa shape index (κ1) is 17.8. The van der Waals surface area contributed by atoms with Crippen molar-refractivity contribution in [2.45, 2.75) is 32.4 Å². The van der Waals surface area contributed by atoms with Gasteiger partial charge in [0.1, 0.15) is 0 Å². The SMILES string of the molecule is C[C@@H](NC(=O)NCC(C)(C)N1CCOCC1)c1ccc2c(c1)OCO2. The Hall–Kier alpha value is -1.99. The molecular formula is C18H27N3O4. The molecule has 1 aromatic carbocycles. The first-order valence-corrected chi connectivity index (χ1v) is 8.72. The molecule has 2 N–H and O–H groups in total. The summed E-state index contributed by atoms with van der Waals surface area (Å²) in [5.41, 5.74) is 0.871. The number of nitrogens with one attached hydrogen (secondary N) is 2. The molecule has 2 heterocycles. The van der Waals surface area contributed by atoms with Crippen LogP contribution in [0.25, 0.3) is 0 Å². The van der Waals surface area contributed by atoms with E-state index in [0.717, 1.165) is 43.4 Å². The molecule has 2 amide bonds. The highest BCUT2D eigenvalue weighted by molar-refractivity contribution is 5.74. The van der Waals surface area contributed by atoms with Crippen molar-refractivity contribution >= 4 is 6.03 Å². The number of fused-ring (bicyclic) bond motifs is 1. The molecule has 0 saturated carbocycles. The molecule has 25 heavy (non-hydrogen) atoms. The monoisotopic (exact) mass is 349 g/mol. The first-order chi connectivity index (χ1) is 12.0. The van der Waals surface area contributed by atoms with Crippen molar-refractivity contribution in [1.29, 1.82) is 0 Å². The summed E-state index contributed by atoms with van der Waals surface area (Å²) in [6, 6.07) is 5.42. The van der Waals surface area contributed by atoms with E-state index in [-0.39, 0.29) is 24.4 Å². The van der Waals surface area contributed by atoms with E-state index >= 15 is 0 Å². The van der Waals surface area contributed by atoms with Gasteiger partial charge in [0.2, 0.25) is 6.79 Å². The molecule has 0 aliphatic carbocycles. The van der Waals surface area contributed by atoms with Gasteiger partial charge in [-0.3, -0.25) is 4.90 Å². The Morgan fingerprint density at radius 2 is 1.96 bits per heavy atom. The summed E-state index contributed by atoms with van der Waals surface area (Å²) in [5.74, 6) is 1.47. The van der Waals surface area contributed by atoms with Crippen LogP contribution in [0.15, 0.2) is 18.2 Å². The number of benzene rings is 1. The molecule has 1 aromatic rings. The molecule has 0 unspecified atom stereocenters. The summed E-state index contributed by atoms with van der Waals surface area (Å²) in [5, 5.41) is 5.96. The van der Waals surface area contributed by atoms with E-state index in [2.05, 4.69) is 29.4 Å². The second-order valence-corrected chi connectivity index (χ2v) is 7.07. The Labute approximate surface area is 148 Å². The summed E-state index contributed by atoms with van der Waals surface area (Å²) in [7, 11) is 0. The Balaban J connectivity index is 1.50. The third-order valence-electron chi connectivity index (χ3n) is 4.79. The maximum Gasteiger partial charge on any atom is 0.315 e. The van der Waals surface area contributed by atoms with Crippen molar-refractivity contribution < 1.29 is 19.0 Å². The van der Waals surface area contributed by atoms with E-state index in [0.29, 0.717) is 6.54 Å². The average molecular weight is 349 g/mol. The third-order valence-corrected chi connectivity index (χ3v) is 4.79. The number of nitrogens with zero attached hydrogens (tertiary/aromatic N) is 1. The molecule has 7 nitrogen and oxygen atoms in total. The zero-order valence-electron chi connectivity index (χ0n) is 15.1. The molecule has 0 radical (unpaired) electrons. The van der Waals surface area contributed by atoms with Gasteiger partial charge in [0.25, 0.3) is 0 Å². The molecule has 0 spiro atoms. The average Bonchev–Trinajstić information content (AvgIpc) is 3.08. The highest BCUT2D eigenvalue weighted by Gasteiger charge is 2.28. The minimum absolute atomic E-state index is 0.108. The topological polar surface area (TPSA) is 72.1 Å². The number of ether oxygens (including phenoxy) is 3. The number of rotatable bonds is 5. The van der Waals surface area contributed by atoms with Crippen LogP contribution in [0.1, 0.15) is 32.4 Å². The van der Waals surface area contributed by atoms with Gasteiger partial charge >= 0.3 is 6.03 Å². The number of hydrogen-bond donors (Lipinski definition) is 2. The van der Waals surface area contributed by atoms with E-state index in [1.807, 2.05) is 25.1 Å². The van der Waals surface area contributed by atoms with Gasteiger partial charge in [-0.1, -0.05) is 6.07 Å². The summed E-state index contributed by atoms with van der Waals surface area (Å²) in [6.45, 7) is 10.3. The molecule has 2 aliphatic heterocycles. The standard InChI is InChI=1S/C18H27N3O4/c1-13(14-4-5-15-16(10-14)25-12-24-15)20-17(22)19-11-18(2,3)21-6-8-23-9-7-21/h4-5,10,13H,6-9,11-12H2,1-3H3,(H2,19,20,22)/t13-/m1/s1. The smallest absolute Gasteiger partial charge is 0.315 e. The van der Waals surface area contributed by atoms with Gasteiger partial charge < -0.3 is 24.8 Å². The number of morpholine rings is 1. The lowest BCUT2D eigenvalue weighted by molar-refractivity contribution is -0.00876. The summed E-state index contributed by atoms with van der Waals surface area (Å²) < 4.78 is 16.1. The Morgan fingerprint density at radius 1 is 1.24 bits per heavy atom. The van der Waals surface area contributed by atoms with Gasteiger partial charge in [-0.2, -0.15) is 0 Å². The van der Waals surface area contributed by atoms with Crippen molar-refractivity contribution in [3.8, 4) is 11.5 Å². The van der Waals surface area contributed by atoms with Crippen LogP contribution in [-0.2, 0) is 4.74 Å². The van der Waals surface area contributed by atoms with Crippen LogP contribution < -0.4 is 20.1 Å². The Kier molecular flexibility index (Phi) is 5.34. The zero-order valence-corrected chi connectivity index (χ0v) is 15.1. The molecule has 2 aliphatic rings. The predicted octanol–water partition coefficient (Wildman–Crippen LogP) is 1.89. The Morgan fingerprint density at radius 3 is 2.72 bits per heavy atom. The van der Waals surface area contributed by atoms with E-state index in [1.165, 1.54) is 0 Å². The lowest BCUT2D eigenvalue weighted by Crippen LogP contribution is -2.56. The quantitative estimate of drug-likeness (QED) is 0.849. The normalized spacial score (nSPS) is 18.7. The predicted molar refractivity (Wildman–Crippen MR) is 94.0 cm³/mol. The molecule has 138 valence electrons. The molecule has 1 saturated heterocycles. The van der Waals surface area contributed by atoms with Crippen LogP contribution in [0.4, 0.5) is 4.79 Å². The van der Waals surface area contributed by atoms with Gasteiger partial charge in [0.05, 0.1) is 19.3 Å². The lowest BCUT2D eigenvalue weighted by atomic mass is 10.0. The maximum atomic E-state index is 12.3. The van der Waals surface area contributed by atoms with Crippen molar-refractivity contribution in [3.05, 3.63) is 23.8 Å². The first-order valence-electron chi connectivity index (χ1n) is 8.72. The van der Waals surface area contributed by atoms with Gasteiger partial charge in [0.15, 0.2) is 11.5 Å². The third kappa shape index (κ3) is 4.35. The van der Waals surface area contributed by atoms with Crippen LogP contribution in [-0.4, -0.2) is 56.1 Å². The van der Waals surface area contributed by atoms with Crippen LogP contribution >= 0.6 is 0 Å². The second-order valence-electron chi connectivity index (χ2n) is 7.07. The number of carbonyl (C=O) groups is 1. The van der Waals surface area contributed by atoms with Crippen LogP contribution in [0, 0.1) is 0 Å². The molecule has 0 bridgehead atoms. The lowest BCUT2D eigenvalue weighted by Gasteiger charge is -2.40. The molecule has 0 aromatic heterocycles. The minimum atomic E-state index is -0.175. The minimum Gasteiger partial charge on any atom is -0.454 e. The van der Waals surface area contributed by atoms with Crippen LogP contribution in [0.2, 0.25) is 0 Å². The van der Waals surface area contributed by atoms with E-state index in [4.69, 9.17) is 14.2 Å². The number of urea groups is 1. The highest BCUT2D eigenvalue weighted by Crippen LogP contribution is 2.34. The van der Waals surface area contributed by atoms with Gasteiger partial charge in [0, 0.05) is 25.2 Å². The van der Waals surface area contributed by atoms with Crippen molar-refractivity contribution in [2.75, 3.05) is 39.6 Å². The van der Waals surface area contributed by atoms with E-state index < -0.39 is 0 Å². The largest absolute Gasteiger partial charge is 0.454 e. The molecule has 7 heteroatoms. The maximum absolute atomic E-state index is 12.3. The molecule has 3 rings (SSSR count). The van der Waals surface area contributed by atoms with Gasteiger partial charge in [-0.25, -0.2) is 4.79 Å². The highest BCUT2D eigenvalue weighted by atomic mass is 16.7. The Bertz CT molecular complexity index is 614. The van der Waals surface area contributed by atoms with Gasteiger partial charge in [-0.15, -0.1) is 0 Å². The number of amides is 2. The van der Waals surface area contributed by atoms with Gasteiger partial charge in [-0.05, 0) is 38.5 Å².